The van der Waals surface area contributed by atoms with Gasteiger partial charge in [0.25, 0.3) is 0 Å². The fourth-order valence-electron chi connectivity index (χ4n) is 1.87. The molecule has 1 aromatic rings. The lowest BCUT2D eigenvalue weighted by Gasteiger charge is -2.17. The van der Waals surface area contributed by atoms with E-state index in [1.54, 1.807) is 0 Å². The second-order valence-corrected chi connectivity index (χ2v) is 4.78. The predicted octanol–water partition coefficient (Wildman–Crippen LogP) is 1.23. The maximum Gasteiger partial charge on any atom is 0.220 e. The molecule has 0 spiro atoms. The minimum Gasteiger partial charge on any atom is -0.355 e. The van der Waals surface area contributed by atoms with E-state index in [9.17, 15) is 4.79 Å². The quantitative estimate of drug-likeness (QED) is 0.659. The van der Waals surface area contributed by atoms with Gasteiger partial charge in [-0.1, -0.05) is 30.3 Å². The molecule has 1 amide bonds. The summed E-state index contributed by atoms with van der Waals surface area (Å²) in [4.78, 5) is 13.7. The Morgan fingerprint density at radius 3 is 2.63 bits per heavy atom. The van der Waals surface area contributed by atoms with Crippen LogP contribution in [-0.4, -0.2) is 44.5 Å². The molecule has 19 heavy (non-hydrogen) atoms. The maximum absolute atomic E-state index is 11.5. The highest BCUT2D eigenvalue weighted by atomic mass is 16.1. The number of benzene rings is 1. The van der Waals surface area contributed by atoms with Crippen molar-refractivity contribution in [3.8, 4) is 0 Å². The molecule has 0 fully saturated rings. The van der Waals surface area contributed by atoms with Crippen molar-refractivity contribution < 1.29 is 4.79 Å². The van der Waals surface area contributed by atoms with Crippen LogP contribution in [0.4, 0.5) is 0 Å². The summed E-state index contributed by atoms with van der Waals surface area (Å²) < 4.78 is 0. The van der Waals surface area contributed by atoms with Crippen molar-refractivity contribution in [2.45, 2.75) is 19.4 Å². The second kappa shape index (κ2) is 9.53. The van der Waals surface area contributed by atoms with Crippen molar-refractivity contribution in [3.05, 3.63) is 35.9 Å². The molecular formula is C15H25N3O. The molecule has 0 saturated carbocycles. The summed E-state index contributed by atoms with van der Waals surface area (Å²) in [7, 11) is 3.97. The Morgan fingerprint density at radius 2 is 1.95 bits per heavy atom. The highest BCUT2D eigenvalue weighted by molar-refractivity contribution is 5.75. The van der Waals surface area contributed by atoms with Crippen LogP contribution in [0.15, 0.2) is 30.3 Å². The van der Waals surface area contributed by atoms with Gasteiger partial charge in [0.05, 0.1) is 0 Å². The van der Waals surface area contributed by atoms with Crippen molar-refractivity contribution >= 4 is 5.91 Å². The highest BCUT2D eigenvalue weighted by Crippen LogP contribution is 2.01. The molecule has 2 N–H and O–H groups in total. The van der Waals surface area contributed by atoms with Crippen LogP contribution in [-0.2, 0) is 11.3 Å². The molecule has 0 saturated heterocycles. The van der Waals surface area contributed by atoms with Gasteiger partial charge < -0.3 is 15.5 Å². The lowest BCUT2D eigenvalue weighted by Crippen LogP contribution is -2.32. The number of amides is 1. The van der Waals surface area contributed by atoms with Gasteiger partial charge in [0.1, 0.15) is 0 Å². The Morgan fingerprint density at radius 1 is 1.21 bits per heavy atom. The van der Waals surface area contributed by atoms with Crippen LogP contribution in [0.3, 0.4) is 0 Å². The van der Waals surface area contributed by atoms with Crippen LogP contribution in [0.25, 0.3) is 0 Å². The number of rotatable bonds is 9. The molecule has 0 aromatic heterocycles. The van der Waals surface area contributed by atoms with Crippen LogP contribution in [0, 0.1) is 0 Å². The number of carbonyl (C=O) groups excluding carboxylic acids is 1. The minimum absolute atomic E-state index is 0.142. The minimum atomic E-state index is 0.142. The van der Waals surface area contributed by atoms with Gasteiger partial charge in [-0.3, -0.25) is 4.79 Å². The number of hydrogen-bond acceptors (Lipinski definition) is 3. The third-order valence-corrected chi connectivity index (χ3v) is 2.94. The molecule has 0 radical (unpaired) electrons. The summed E-state index contributed by atoms with van der Waals surface area (Å²) >= 11 is 0. The fourth-order valence-corrected chi connectivity index (χ4v) is 1.87. The molecule has 0 aliphatic carbocycles. The second-order valence-electron chi connectivity index (χ2n) is 4.78. The van der Waals surface area contributed by atoms with Gasteiger partial charge in [0.2, 0.25) is 5.91 Å². The molecule has 1 rings (SSSR count). The Kier molecular flexibility index (Phi) is 7.86. The highest BCUT2D eigenvalue weighted by Gasteiger charge is 2.02. The first-order chi connectivity index (χ1) is 9.22. The van der Waals surface area contributed by atoms with E-state index >= 15 is 0 Å². The van der Waals surface area contributed by atoms with Gasteiger partial charge in [-0.25, -0.2) is 0 Å². The predicted molar refractivity (Wildman–Crippen MR) is 78.9 cm³/mol. The molecule has 4 nitrogen and oxygen atoms in total. The SMILES string of the molecule is CNCCCC(=O)NCCN(C)Cc1ccccc1. The summed E-state index contributed by atoms with van der Waals surface area (Å²) in [5, 5.41) is 5.99. The van der Waals surface area contributed by atoms with E-state index in [0.29, 0.717) is 13.0 Å². The average molecular weight is 263 g/mol. The van der Waals surface area contributed by atoms with Gasteiger partial charge in [-0.15, -0.1) is 0 Å². The normalized spacial score (nSPS) is 10.7. The summed E-state index contributed by atoms with van der Waals surface area (Å²) in [6.07, 6.45) is 1.49. The van der Waals surface area contributed by atoms with Crippen molar-refractivity contribution in [3.63, 3.8) is 0 Å². The third kappa shape index (κ3) is 7.59. The summed E-state index contributed by atoms with van der Waals surface area (Å²) in [6, 6.07) is 10.4. The van der Waals surface area contributed by atoms with Gasteiger partial charge in [0.15, 0.2) is 0 Å². The molecule has 0 heterocycles. The van der Waals surface area contributed by atoms with Crippen LogP contribution in [0.2, 0.25) is 0 Å². The third-order valence-electron chi connectivity index (χ3n) is 2.94. The van der Waals surface area contributed by atoms with Crippen LogP contribution in [0.5, 0.6) is 0 Å². The van der Waals surface area contributed by atoms with Crippen molar-refractivity contribution in [2.75, 3.05) is 33.7 Å². The molecule has 0 bridgehead atoms. The first kappa shape index (κ1) is 15.7. The Labute approximate surface area is 116 Å². The standard InChI is InChI=1S/C15H25N3O/c1-16-10-6-9-15(19)17-11-12-18(2)13-14-7-4-3-5-8-14/h3-5,7-8,16H,6,9-13H2,1-2H3,(H,17,19). The van der Waals surface area contributed by atoms with E-state index in [1.807, 2.05) is 25.2 Å². The molecule has 1 aromatic carbocycles. The number of nitrogens with one attached hydrogen (secondary N) is 2. The topological polar surface area (TPSA) is 44.4 Å². The largest absolute Gasteiger partial charge is 0.355 e. The smallest absolute Gasteiger partial charge is 0.220 e. The number of carbonyl (C=O) groups is 1. The summed E-state index contributed by atoms with van der Waals surface area (Å²) in [5.74, 6) is 0.142. The monoisotopic (exact) mass is 263 g/mol. The Balaban J connectivity index is 2.10. The van der Waals surface area contributed by atoms with Crippen LogP contribution in [0.1, 0.15) is 18.4 Å². The molecule has 106 valence electrons. The van der Waals surface area contributed by atoms with E-state index in [1.165, 1.54) is 5.56 Å². The molecule has 0 unspecified atom stereocenters. The van der Waals surface area contributed by atoms with E-state index in [2.05, 4.69) is 34.7 Å². The van der Waals surface area contributed by atoms with Gasteiger partial charge in [-0.05, 0) is 32.6 Å². The lowest BCUT2D eigenvalue weighted by atomic mass is 10.2. The molecule has 4 heteroatoms. The first-order valence-electron chi connectivity index (χ1n) is 6.86. The van der Waals surface area contributed by atoms with E-state index in [-0.39, 0.29) is 5.91 Å². The van der Waals surface area contributed by atoms with Crippen molar-refractivity contribution in [1.29, 1.82) is 0 Å². The number of hydrogen-bond donors (Lipinski definition) is 2. The van der Waals surface area contributed by atoms with Crippen LogP contribution < -0.4 is 10.6 Å². The van der Waals surface area contributed by atoms with E-state index in [0.717, 1.165) is 26.1 Å². The zero-order chi connectivity index (χ0) is 13.9. The Hall–Kier alpha value is -1.39. The summed E-state index contributed by atoms with van der Waals surface area (Å²) in [6.45, 7) is 3.38. The zero-order valence-electron chi connectivity index (χ0n) is 12.0. The van der Waals surface area contributed by atoms with Crippen molar-refractivity contribution in [1.82, 2.24) is 15.5 Å². The fraction of sp³-hybridized carbons (Fsp3) is 0.533. The molecule has 0 atom stereocenters. The summed E-state index contributed by atoms with van der Waals surface area (Å²) in [5.41, 5.74) is 1.30. The lowest BCUT2D eigenvalue weighted by molar-refractivity contribution is -0.121. The van der Waals surface area contributed by atoms with E-state index in [4.69, 9.17) is 0 Å². The van der Waals surface area contributed by atoms with Crippen LogP contribution >= 0.6 is 0 Å². The van der Waals surface area contributed by atoms with Gasteiger partial charge in [0, 0.05) is 26.1 Å². The molecule has 0 aliphatic rings. The number of likely N-dealkylation sites (N-methyl/N-ethyl adjacent to an activating group) is 1. The maximum atomic E-state index is 11.5. The van der Waals surface area contributed by atoms with Gasteiger partial charge in [-0.2, -0.15) is 0 Å². The average Bonchev–Trinajstić information content (AvgIpc) is 2.40. The van der Waals surface area contributed by atoms with Crippen molar-refractivity contribution in [2.24, 2.45) is 0 Å². The van der Waals surface area contributed by atoms with Gasteiger partial charge >= 0.3 is 0 Å². The van der Waals surface area contributed by atoms with E-state index < -0.39 is 0 Å². The molecule has 0 aliphatic heterocycles. The Bertz CT molecular complexity index is 354. The molecular weight excluding hydrogens is 238 g/mol. The first-order valence-corrected chi connectivity index (χ1v) is 6.86. The number of nitrogens with zero attached hydrogens (tertiary/aromatic N) is 1. The zero-order valence-corrected chi connectivity index (χ0v) is 12.0.